The topological polar surface area (TPSA) is 35.8 Å². The summed E-state index contributed by atoms with van der Waals surface area (Å²) in [5, 5.41) is 12.5. The molecule has 2 fully saturated rings. The summed E-state index contributed by atoms with van der Waals surface area (Å²) < 4.78 is 0. The summed E-state index contributed by atoms with van der Waals surface area (Å²) in [6.07, 6.45) is 7.72. The van der Waals surface area contributed by atoms with Gasteiger partial charge in [-0.15, -0.1) is 0 Å². The zero-order chi connectivity index (χ0) is 9.15. The van der Waals surface area contributed by atoms with Crippen molar-refractivity contribution in [2.24, 2.45) is 11.3 Å². The zero-order valence-electron chi connectivity index (χ0n) is 8.18. The monoisotopic (exact) mass is 178 g/mol. The predicted octanol–water partition coefficient (Wildman–Crippen LogP) is 2.07. The van der Waals surface area contributed by atoms with E-state index in [1.165, 1.54) is 25.7 Å². The van der Waals surface area contributed by atoms with Crippen molar-refractivity contribution in [1.29, 1.82) is 5.26 Å². The first-order valence-electron chi connectivity index (χ1n) is 5.47. The Labute approximate surface area is 80.3 Å². The largest absolute Gasteiger partial charge is 0.315 e. The maximum Gasteiger partial charge on any atom is 0.0713 e. The van der Waals surface area contributed by atoms with E-state index in [-0.39, 0.29) is 5.41 Å². The quantitative estimate of drug-likeness (QED) is 0.702. The van der Waals surface area contributed by atoms with E-state index in [1.807, 2.05) is 0 Å². The standard InChI is InChI=1S/C11H18N2/c12-8-11(5-6-13-9-11)7-10-3-1-2-4-10/h10,13H,1-7,9H2. The summed E-state index contributed by atoms with van der Waals surface area (Å²) in [7, 11) is 0. The normalized spacial score (nSPS) is 35.0. The van der Waals surface area contributed by atoms with Crippen LogP contribution in [0.25, 0.3) is 0 Å². The van der Waals surface area contributed by atoms with Crippen molar-refractivity contribution in [1.82, 2.24) is 5.32 Å². The molecule has 1 saturated carbocycles. The maximum absolute atomic E-state index is 9.19. The molecule has 0 amide bonds. The van der Waals surface area contributed by atoms with Crippen LogP contribution in [-0.2, 0) is 0 Å². The Morgan fingerprint density at radius 2 is 2.15 bits per heavy atom. The van der Waals surface area contributed by atoms with Crippen molar-refractivity contribution in [2.45, 2.75) is 38.5 Å². The van der Waals surface area contributed by atoms with Crippen LogP contribution in [0.5, 0.6) is 0 Å². The molecule has 1 unspecified atom stereocenters. The van der Waals surface area contributed by atoms with Gasteiger partial charge in [0.15, 0.2) is 0 Å². The van der Waals surface area contributed by atoms with Gasteiger partial charge in [0.1, 0.15) is 0 Å². The van der Waals surface area contributed by atoms with Gasteiger partial charge in [-0.2, -0.15) is 5.26 Å². The molecule has 1 heterocycles. The van der Waals surface area contributed by atoms with Crippen LogP contribution in [0, 0.1) is 22.7 Å². The van der Waals surface area contributed by atoms with E-state index in [0.717, 1.165) is 31.8 Å². The van der Waals surface area contributed by atoms with Crippen molar-refractivity contribution >= 4 is 0 Å². The Morgan fingerprint density at radius 3 is 2.69 bits per heavy atom. The summed E-state index contributed by atoms with van der Waals surface area (Å²) in [4.78, 5) is 0. The Morgan fingerprint density at radius 1 is 1.38 bits per heavy atom. The third kappa shape index (κ3) is 1.86. The van der Waals surface area contributed by atoms with Gasteiger partial charge in [0.2, 0.25) is 0 Å². The average molecular weight is 178 g/mol. The molecule has 1 aliphatic heterocycles. The fourth-order valence-corrected chi connectivity index (χ4v) is 2.83. The minimum absolute atomic E-state index is 0.00495. The van der Waals surface area contributed by atoms with E-state index in [0.29, 0.717) is 0 Å². The zero-order valence-corrected chi connectivity index (χ0v) is 8.18. The first-order chi connectivity index (χ1) is 6.35. The lowest BCUT2D eigenvalue weighted by Gasteiger charge is -2.22. The third-order valence-electron chi connectivity index (χ3n) is 3.64. The van der Waals surface area contributed by atoms with Crippen molar-refractivity contribution in [3.63, 3.8) is 0 Å². The van der Waals surface area contributed by atoms with E-state index >= 15 is 0 Å². The van der Waals surface area contributed by atoms with Crippen LogP contribution in [-0.4, -0.2) is 13.1 Å². The van der Waals surface area contributed by atoms with Crippen molar-refractivity contribution in [3.8, 4) is 6.07 Å². The predicted molar refractivity (Wildman–Crippen MR) is 52.1 cm³/mol. The highest BCUT2D eigenvalue weighted by Gasteiger charge is 2.36. The summed E-state index contributed by atoms with van der Waals surface area (Å²) in [6, 6.07) is 2.54. The molecule has 0 aromatic carbocycles. The van der Waals surface area contributed by atoms with E-state index in [1.54, 1.807) is 0 Å². The molecule has 2 nitrogen and oxygen atoms in total. The molecule has 0 radical (unpaired) electrons. The highest BCUT2D eigenvalue weighted by atomic mass is 14.9. The summed E-state index contributed by atoms with van der Waals surface area (Å²) in [5.41, 5.74) is -0.00495. The number of nitrogens with zero attached hydrogens (tertiary/aromatic N) is 1. The fourth-order valence-electron chi connectivity index (χ4n) is 2.83. The molecule has 0 spiro atoms. The van der Waals surface area contributed by atoms with Gasteiger partial charge in [-0.25, -0.2) is 0 Å². The molecular formula is C11H18N2. The molecule has 2 aliphatic rings. The highest BCUT2D eigenvalue weighted by molar-refractivity contribution is 5.05. The van der Waals surface area contributed by atoms with Gasteiger partial charge < -0.3 is 5.32 Å². The van der Waals surface area contributed by atoms with Crippen LogP contribution < -0.4 is 5.32 Å². The van der Waals surface area contributed by atoms with Crippen LogP contribution in [0.1, 0.15) is 38.5 Å². The molecule has 0 aromatic heterocycles. The Kier molecular flexibility index (Phi) is 2.55. The minimum atomic E-state index is -0.00495. The van der Waals surface area contributed by atoms with E-state index in [2.05, 4.69) is 11.4 Å². The molecule has 1 saturated heterocycles. The molecule has 72 valence electrons. The van der Waals surface area contributed by atoms with Crippen molar-refractivity contribution in [2.75, 3.05) is 13.1 Å². The van der Waals surface area contributed by atoms with Gasteiger partial charge in [0.05, 0.1) is 11.5 Å². The number of nitriles is 1. The Balaban J connectivity index is 1.93. The lowest BCUT2D eigenvalue weighted by atomic mass is 9.79. The van der Waals surface area contributed by atoms with Crippen LogP contribution >= 0.6 is 0 Å². The average Bonchev–Trinajstić information content (AvgIpc) is 2.77. The molecular weight excluding hydrogens is 160 g/mol. The highest BCUT2D eigenvalue weighted by Crippen LogP contribution is 2.38. The van der Waals surface area contributed by atoms with Gasteiger partial charge in [-0.3, -0.25) is 0 Å². The second kappa shape index (κ2) is 3.67. The lowest BCUT2D eigenvalue weighted by Crippen LogP contribution is -2.24. The maximum atomic E-state index is 9.19. The van der Waals surface area contributed by atoms with Crippen LogP contribution in [0.3, 0.4) is 0 Å². The molecule has 2 heteroatoms. The van der Waals surface area contributed by atoms with Crippen LogP contribution in [0.15, 0.2) is 0 Å². The minimum Gasteiger partial charge on any atom is -0.315 e. The summed E-state index contributed by atoms with van der Waals surface area (Å²) in [5.74, 6) is 0.847. The second-order valence-electron chi connectivity index (χ2n) is 4.67. The first-order valence-corrected chi connectivity index (χ1v) is 5.47. The van der Waals surface area contributed by atoms with E-state index in [9.17, 15) is 5.26 Å². The molecule has 1 N–H and O–H groups in total. The molecule has 0 bridgehead atoms. The lowest BCUT2D eigenvalue weighted by molar-refractivity contribution is 0.317. The Hall–Kier alpha value is -0.550. The number of rotatable bonds is 2. The van der Waals surface area contributed by atoms with Gasteiger partial charge in [0.25, 0.3) is 0 Å². The summed E-state index contributed by atoms with van der Waals surface area (Å²) in [6.45, 7) is 1.97. The van der Waals surface area contributed by atoms with Crippen molar-refractivity contribution < 1.29 is 0 Å². The van der Waals surface area contributed by atoms with E-state index in [4.69, 9.17) is 0 Å². The molecule has 1 aliphatic carbocycles. The van der Waals surface area contributed by atoms with Gasteiger partial charge in [-0.05, 0) is 25.3 Å². The van der Waals surface area contributed by atoms with Crippen molar-refractivity contribution in [3.05, 3.63) is 0 Å². The number of hydrogen-bond acceptors (Lipinski definition) is 2. The van der Waals surface area contributed by atoms with Gasteiger partial charge >= 0.3 is 0 Å². The Bertz CT molecular complexity index is 205. The fraction of sp³-hybridized carbons (Fsp3) is 0.909. The number of nitrogens with one attached hydrogen (secondary N) is 1. The second-order valence-corrected chi connectivity index (χ2v) is 4.67. The molecule has 1 atom stereocenters. The number of hydrogen-bond donors (Lipinski definition) is 1. The van der Waals surface area contributed by atoms with Gasteiger partial charge in [0, 0.05) is 6.54 Å². The third-order valence-corrected chi connectivity index (χ3v) is 3.64. The first kappa shape index (κ1) is 9.02. The van der Waals surface area contributed by atoms with Crippen LogP contribution in [0.2, 0.25) is 0 Å². The smallest absolute Gasteiger partial charge is 0.0713 e. The molecule has 0 aromatic rings. The molecule has 13 heavy (non-hydrogen) atoms. The van der Waals surface area contributed by atoms with Gasteiger partial charge in [-0.1, -0.05) is 25.7 Å². The summed E-state index contributed by atoms with van der Waals surface area (Å²) >= 11 is 0. The SMILES string of the molecule is N#CC1(CC2CCCC2)CCNC1. The van der Waals surface area contributed by atoms with E-state index < -0.39 is 0 Å². The van der Waals surface area contributed by atoms with Crippen LogP contribution in [0.4, 0.5) is 0 Å². The molecule has 2 rings (SSSR count).